The average Bonchev–Trinajstić information content (AvgIpc) is 2.13. The van der Waals surface area contributed by atoms with Gasteiger partial charge in [0.15, 0.2) is 0 Å². The Hall–Kier alpha value is -1.07. The van der Waals surface area contributed by atoms with Crippen molar-refractivity contribution in [1.29, 1.82) is 0 Å². The fourth-order valence-corrected chi connectivity index (χ4v) is 2.96. The van der Waals surface area contributed by atoms with Crippen molar-refractivity contribution in [2.45, 2.75) is 44.7 Å². The van der Waals surface area contributed by atoms with Gasteiger partial charge < -0.3 is 10.2 Å². The van der Waals surface area contributed by atoms with Gasteiger partial charge in [-0.2, -0.15) is 0 Å². The van der Waals surface area contributed by atoms with Crippen LogP contribution < -0.4 is 0 Å². The Morgan fingerprint density at radius 2 is 2.06 bits per heavy atom. The summed E-state index contributed by atoms with van der Waals surface area (Å²) < 4.78 is 0. The molecule has 4 nitrogen and oxygen atoms in total. The van der Waals surface area contributed by atoms with E-state index in [9.17, 15) is 15.0 Å². The fraction of sp³-hybridized carbons (Fsp3) is 0.538. The number of thioether (sulfide) groups is 1. The first-order valence-electron chi connectivity index (χ1n) is 5.77. The van der Waals surface area contributed by atoms with Crippen LogP contribution >= 0.6 is 11.8 Å². The summed E-state index contributed by atoms with van der Waals surface area (Å²) in [6.07, 6.45) is 0.589. The minimum absolute atomic E-state index is 0.265. The zero-order valence-electron chi connectivity index (χ0n) is 11.1. The topological polar surface area (TPSA) is 70.4 Å². The standard InChI is InChI=1S/C13H19NO3S/c1-8-7-9(2)14-11(10(8)12(15)16)18-6-5-13(3,4)17/h7,17H,5-6H2,1-4H3,(H,15,16). The highest BCUT2D eigenvalue weighted by Gasteiger charge is 2.18. The van der Waals surface area contributed by atoms with Crippen LogP contribution in [0.3, 0.4) is 0 Å². The number of aryl methyl sites for hydroxylation is 2. The van der Waals surface area contributed by atoms with Gasteiger partial charge in [-0.15, -0.1) is 11.8 Å². The van der Waals surface area contributed by atoms with Crippen molar-refractivity contribution in [2.24, 2.45) is 0 Å². The van der Waals surface area contributed by atoms with Gasteiger partial charge in [0.2, 0.25) is 0 Å². The molecule has 0 bridgehead atoms. The van der Waals surface area contributed by atoms with Gasteiger partial charge in [-0.1, -0.05) is 0 Å². The Balaban J connectivity index is 2.90. The minimum Gasteiger partial charge on any atom is -0.478 e. The highest BCUT2D eigenvalue weighted by Crippen LogP contribution is 2.26. The van der Waals surface area contributed by atoms with Crippen molar-refractivity contribution < 1.29 is 15.0 Å². The quantitative estimate of drug-likeness (QED) is 0.804. The number of aliphatic hydroxyl groups is 1. The lowest BCUT2D eigenvalue weighted by Crippen LogP contribution is -2.19. The minimum atomic E-state index is -0.953. The molecule has 0 aliphatic rings. The van der Waals surface area contributed by atoms with Gasteiger partial charge >= 0.3 is 5.97 Å². The van der Waals surface area contributed by atoms with Crippen LogP contribution in [0.25, 0.3) is 0 Å². The van der Waals surface area contributed by atoms with E-state index < -0.39 is 11.6 Å². The van der Waals surface area contributed by atoms with Gasteiger partial charge in [0.1, 0.15) is 5.03 Å². The molecule has 1 rings (SSSR count). The highest BCUT2D eigenvalue weighted by molar-refractivity contribution is 7.99. The summed E-state index contributed by atoms with van der Waals surface area (Å²) in [5.41, 5.74) is 1.06. The third kappa shape index (κ3) is 4.31. The van der Waals surface area contributed by atoms with Crippen molar-refractivity contribution >= 4 is 17.7 Å². The molecule has 100 valence electrons. The van der Waals surface area contributed by atoms with Gasteiger partial charge in [-0.3, -0.25) is 0 Å². The number of pyridine rings is 1. The van der Waals surface area contributed by atoms with E-state index in [1.807, 2.05) is 6.92 Å². The summed E-state index contributed by atoms with van der Waals surface area (Å²) in [7, 11) is 0. The van der Waals surface area contributed by atoms with Crippen LogP contribution in [0, 0.1) is 13.8 Å². The van der Waals surface area contributed by atoms with E-state index in [4.69, 9.17) is 0 Å². The summed E-state index contributed by atoms with van der Waals surface area (Å²) in [6, 6.07) is 1.77. The monoisotopic (exact) mass is 269 g/mol. The zero-order valence-corrected chi connectivity index (χ0v) is 12.0. The molecule has 0 spiro atoms. The van der Waals surface area contributed by atoms with E-state index in [0.717, 1.165) is 11.3 Å². The lowest BCUT2D eigenvalue weighted by Gasteiger charge is -2.16. The number of nitrogens with zero attached hydrogens (tertiary/aromatic N) is 1. The Morgan fingerprint density at radius 1 is 1.44 bits per heavy atom. The molecule has 0 saturated carbocycles. The number of rotatable bonds is 5. The van der Waals surface area contributed by atoms with Crippen LogP contribution in [0.1, 0.15) is 41.9 Å². The number of carbonyl (C=O) groups is 1. The van der Waals surface area contributed by atoms with Crippen LogP contribution in [-0.2, 0) is 0 Å². The molecule has 0 amide bonds. The summed E-state index contributed by atoms with van der Waals surface area (Å²) in [4.78, 5) is 15.5. The van der Waals surface area contributed by atoms with Crippen LogP contribution in [0.4, 0.5) is 0 Å². The van der Waals surface area contributed by atoms with Crippen molar-refractivity contribution in [2.75, 3.05) is 5.75 Å². The smallest absolute Gasteiger partial charge is 0.338 e. The maximum atomic E-state index is 11.2. The summed E-state index contributed by atoms with van der Waals surface area (Å²) in [6.45, 7) is 7.10. The fourth-order valence-electron chi connectivity index (χ4n) is 1.56. The van der Waals surface area contributed by atoms with Crippen molar-refractivity contribution in [3.63, 3.8) is 0 Å². The highest BCUT2D eigenvalue weighted by atomic mass is 32.2. The lowest BCUT2D eigenvalue weighted by molar-refractivity contribution is 0.0691. The Bertz CT molecular complexity index is 452. The lowest BCUT2D eigenvalue weighted by atomic mass is 10.1. The third-order valence-electron chi connectivity index (χ3n) is 2.48. The molecule has 0 aliphatic heterocycles. The summed E-state index contributed by atoms with van der Waals surface area (Å²) in [5, 5.41) is 19.4. The second kappa shape index (κ2) is 5.71. The number of hydrogen-bond donors (Lipinski definition) is 2. The Morgan fingerprint density at radius 3 is 2.56 bits per heavy atom. The van der Waals surface area contributed by atoms with Gasteiger partial charge in [0.05, 0.1) is 11.2 Å². The summed E-state index contributed by atoms with van der Waals surface area (Å²) in [5.74, 6) is -0.314. The second-order valence-corrected chi connectivity index (χ2v) is 6.06. The van der Waals surface area contributed by atoms with Crippen LogP contribution in [0.2, 0.25) is 0 Å². The number of carboxylic acids is 1. The van der Waals surface area contributed by atoms with E-state index in [1.165, 1.54) is 11.8 Å². The van der Waals surface area contributed by atoms with Gasteiger partial charge in [0.25, 0.3) is 0 Å². The van der Waals surface area contributed by atoms with Crippen LogP contribution in [0.5, 0.6) is 0 Å². The molecule has 0 unspecified atom stereocenters. The molecule has 1 heterocycles. The second-order valence-electron chi connectivity index (χ2n) is 4.98. The van der Waals surface area contributed by atoms with Crippen molar-refractivity contribution in [3.8, 4) is 0 Å². The van der Waals surface area contributed by atoms with E-state index in [1.54, 1.807) is 26.8 Å². The molecule has 0 aliphatic carbocycles. The molecular weight excluding hydrogens is 250 g/mol. The van der Waals surface area contributed by atoms with E-state index in [-0.39, 0.29) is 5.56 Å². The molecular formula is C13H19NO3S. The molecule has 0 aromatic carbocycles. The largest absolute Gasteiger partial charge is 0.478 e. The first-order chi connectivity index (χ1) is 8.20. The van der Waals surface area contributed by atoms with Crippen LogP contribution in [-0.4, -0.2) is 32.5 Å². The SMILES string of the molecule is Cc1cc(C)c(C(=O)O)c(SCCC(C)(C)O)n1. The zero-order chi connectivity index (χ0) is 13.9. The average molecular weight is 269 g/mol. The molecule has 5 heteroatoms. The molecule has 0 fully saturated rings. The first kappa shape index (κ1) is 15.0. The normalized spacial score (nSPS) is 11.6. The van der Waals surface area contributed by atoms with Gasteiger partial charge in [-0.25, -0.2) is 9.78 Å². The third-order valence-corrected chi connectivity index (χ3v) is 3.46. The molecule has 18 heavy (non-hydrogen) atoms. The number of aromatic carboxylic acids is 1. The maximum Gasteiger partial charge on any atom is 0.338 e. The van der Waals surface area contributed by atoms with Gasteiger partial charge in [0, 0.05) is 11.4 Å². The van der Waals surface area contributed by atoms with E-state index in [2.05, 4.69) is 4.98 Å². The first-order valence-corrected chi connectivity index (χ1v) is 6.76. The van der Waals surface area contributed by atoms with Crippen molar-refractivity contribution in [3.05, 3.63) is 22.9 Å². The Kier molecular flexibility index (Phi) is 4.76. The molecule has 0 saturated heterocycles. The number of aromatic nitrogens is 1. The predicted octanol–water partition coefficient (Wildman–Crippen LogP) is 2.65. The molecule has 1 aromatic heterocycles. The Labute approximate surface area is 111 Å². The van der Waals surface area contributed by atoms with E-state index >= 15 is 0 Å². The predicted molar refractivity (Wildman–Crippen MR) is 72.3 cm³/mol. The molecule has 0 radical (unpaired) electrons. The molecule has 1 aromatic rings. The van der Waals surface area contributed by atoms with Crippen LogP contribution in [0.15, 0.2) is 11.1 Å². The molecule has 2 N–H and O–H groups in total. The summed E-state index contributed by atoms with van der Waals surface area (Å²) >= 11 is 1.38. The number of hydrogen-bond acceptors (Lipinski definition) is 4. The molecule has 0 atom stereocenters. The van der Waals surface area contributed by atoms with E-state index in [0.29, 0.717) is 17.2 Å². The number of carboxylic acid groups (broad SMARTS) is 1. The maximum absolute atomic E-state index is 11.2. The van der Waals surface area contributed by atoms with Crippen molar-refractivity contribution in [1.82, 2.24) is 4.98 Å². The van der Waals surface area contributed by atoms with Gasteiger partial charge in [-0.05, 0) is 45.7 Å².